The number of nitrogens with zero attached hydrogens (tertiary/aromatic N) is 1. The van der Waals surface area contributed by atoms with Gasteiger partial charge in [-0.05, 0) is 38.7 Å². The first kappa shape index (κ1) is 21.0. The molecule has 7 nitrogen and oxygen atoms in total. The molecule has 1 aromatic rings. The zero-order valence-electron chi connectivity index (χ0n) is 16.7. The predicted molar refractivity (Wildman–Crippen MR) is 101 cm³/mol. The number of nitrogens with one attached hydrogen (secondary N) is 1. The fourth-order valence-corrected chi connectivity index (χ4v) is 3.82. The van der Waals surface area contributed by atoms with E-state index >= 15 is 0 Å². The summed E-state index contributed by atoms with van der Waals surface area (Å²) in [6, 6.07) is 0.236. The summed E-state index contributed by atoms with van der Waals surface area (Å²) in [6.07, 6.45) is 6.03. The normalized spacial score (nSPS) is 14.7. The molecule has 0 spiro atoms. The molecule has 1 heterocycles. The van der Waals surface area contributed by atoms with Gasteiger partial charge in [0, 0.05) is 18.3 Å². The number of aryl methyl sites for hydroxylation is 1. The fourth-order valence-electron chi connectivity index (χ4n) is 3.82. The lowest BCUT2D eigenvalue weighted by molar-refractivity contribution is -0.137. The monoisotopic (exact) mass is 378 g/mol. The first-order chi connectivity index (χ1) is 12.9. The second-order valence-electron chi connectivity index (χ2n) is 6.87. The van der Waals surface area contributed by atoms with Crippen LogP contribution in [0.2, 0.25) is 0 Å². The lowest BCUT2D eigenvalue weighted by atomic mass is 9.94. The summed E-state index contributed by atoms with van der Waals surface area (Å²) in [5.41, 5.74) is 1.65. The van der Waals surface area contributed by atoms with Gasteiger partial charge in [-0.1, -0.05) is 26.2 Å². The third-order valence-electron chi connectivity index (χ3n) is 5.28. The van der Waals surface area contributed by atoms with Gasteiger partial charge >= 0.3 is 11.9 Å². The Balaban J connectivity index is 2.05. The summed E-state index contributed by atoms with van der Waals surface area (Å²) in [6.45, 7) is 5.80. The summed E-state index contributed by atoms with van der Waals surface area (Å²) in [7, 11) is 1.30. The molecule has 7 heteroatoms. The van der Waals surface area contributed by atoms with Crippen molar-refractivity contribution in [3.63, 3.8) is 0 Å². The highest BCUT2D eigenvalue weighted by Crippen LogP contribution is 2.23. The maximum atomic E-state index is 12.5. The highest BCUT2D eigenvalue weighted by atomic mass is 16.5. The number of carbonyl (C=O) groups is 3. The van der Waals surface area contributed by atoms with E-state index in [-0.39, 0.29) is 24.2 Å². The molecule has 27 heavy (non-hydrogen) atoms. The molecule has 150 valence electrons. The second-order valence-corrected chi connectivity index (χ2v) is 6.87. The summed E-state index contributed by atoms with van der Waals surface area (Å²) in [5.74, 6) is -1.30. The van der Waals surface area contributed by atoms with Crippen LogP contribution in [-0.4, -0.2) is 54.0 Å². The first-order valence-corrected chi connectivity index (χ1v) is 9.70. The number of aromatic nitrogens is 1. The molecule has 1 aliphatic rings. The van der Waals surface area contributed by atoms with Crippen molar-refractivity contribution in [2.75, 3.05) is 20.3 Å². The van der Waals surface area contributed by atoms with Crippen molar-refractivity contribution in [2.24, 2.45) is 0 Å². The number of hydrogen-bond acceptors (Lipinski definition) is 5. The topological polar surface area (TPSA) is 88.7 Å². The second kappa shape index (κ2) is 9.58. The molecule has 1 saturated carbocycles. The number of carbonyl (C=O) groups excluding carboxylic acids is 3. The smallest absolute Gasteiger partial charge is 0.355 e. The molecule has 2 rings (SSSR count). The molecule has 0 bridgehead atoms. The van der Waals surface area contributed by atoms with Gasteiger partial charge in [-0.25, -0.2) is 9.59 Å². The highest BCUT2D eigenvalue weighted by molar-refractivity contribution is 5.99. The molecule has 1 aromatic heterocycles. The quantitative estimate of drug-likeness (QED) is 0.737. The molecule has 1 aliphatic carbocycles. The Kier molecular flexibility index (Phi) is 7.45. The zero-order valence-corrected chi connectivity index (χ0v) is 16.7. The summed E-state index contributed by atoms with van der Waals surface area (Å²) < 4.78 is 10.0. The van der Waals surface area contributed by atoms with Crippen molar-refractivity contribution in [3.8, 4) is 0 Å². The van der Waals surface area contributed by atoms with Crippen LogP contribution in [0.25, 0.3) is 0 Å². The van der Waals surface area contributed by atoms with Crippen molar-refractivity contribution in [1.82, 2.24) is 9.88 Å². The molecule has 0 saturated heterocycles. The summed E-state index contributed by atoms with van der Waals surface area (Å²) in [5, 5.41) is 0. The third-order valence-corrected chi connectivity index (χ3v) is 5.28. The minimum atomic E-state index is -0.634. The van der Waals surface area contributed by atoms with Gasteiger partial charge in [0.05, 0.1) is 12.7 Å². The van der Waals surface area contributed by atoms with E-state index in [2.05, 4.69) is 4.98 Å². The van der Waals surface area contributed by atoms with Gasteiger partial charge in [-0.2, -0.15) is 0 Å². The Morgan fingerprint density at radius 1 is 1.11 bits per heavy atom. The molecule has 0 aliphatic heterocycles. The number of likely N-dealkylation sites (N-methyl/N-ethyl adjacent to an activating group) is 1. The van der Waals surface area contributed by atoms with Crippen molar-refractivity contribution in [2.45, 2.75) is 65.3 Å². The SMILES string of the molecule is CCc1[nH]c(C(=O)OCC(=O)N(CC)C2CCCCC2)c(C)c1C(=O)OC. The van der Waals surface area contributed by atoms with Crippen molar-refractivity contribution < 1.29 is 23.9 Å². The summed E-state index contributed by atoms with van der Waals surface area (Å²) >= 11 is 0. The third kappa shape index (κ3) is 4.70. The Morgan fingerprint density at radius 2 is 1.78 bits per heavy atom. The Bertz CT molecular complexity index is 689. The maximum Gasteiger partial charge on any atom is 0.355 e. The Labute approximate surface area is 160 Å². The van der Waals surface area contributed by atoms with E-state index in [0.717, 1.165) is 25.7 Å². The van der Waals surface area contributed by atoms with Gasteiger partial charge in [0.25, 0.3) is 5.91 Å². The van der Waals surface area contributed by atoms with Crippen molar-refractivity contribution in [3.05, 3.63) is 22.5 Å². The molecule has 0 radical (unpaired) electrons. The van der Waals surface area contributed by atoms with Crippen LogP contribution < -0.4 is 0 Å². The molecule has 0 aromatic carbocycles. The fraction of sp³-hybridized carbons (Fsp3) is 0.650. The minimum absolute atomic E-state index is 0.175. The van der Waals surface area contributed by atoms with Crippen LogP contribution in [0.5, 0.6) is 0 Å². The largest absolute Gasteiger partial charge is 0.465 e. The van der Waals surface area contributed by atoms with Crippen LogP contribution in [-0.2, 0) is 20.7 Å². The number of ether oxygens (including phenoxy) is 2. The maximum absolute atomic E-state index is 12.5. The van der Waals surface area contributed by atoms with Gasteiger partial charge in [-0.15, -0.1) is 0 Å². The molecular formula is C20H30N2O5. The van der Waals surface area contributed by atoms with E-state index in [4.69, 9.17) is 9.47 Å². The van der Waals surface area contributed by atoms with Gasteiger partial charge < -0.3 is 19.4 Å². The van der Waals surface area contributed by atoms with Crippen molar-refractivity contribution >= 4 is 17.8 Å². The summed E-state index contributed by atoms with van der Waals surface area (Å²) in [4.78, 5) is 41.7. The van der Waals surface area contributed by atoms with E-state index in [1.165, 1.54) is 13.5 Å². The number of amides is 1. The van der Waals surface area contributed by atoms with Crippen LogP contribution in [0.1, 0.15) is 78.1 Å². The number of H-pyrrole nitrogens is 1. The lowest BCUT2D eigenvalue weighted by Crippen LogP contribution is -2.43. The Morgan fingerprint density at radius 3 is 2.33 bits per heavy atom. The van der Waals surface area contributed by atoms with Gasteiger partial charge in [0.1, 0.15) is 5.69 Å². The molecule has 1 amide bonds. The predicted octanol–water partition coefficient (Wildman–Crippen LogP) is 3.01. The van der Waals surface area contributed by atoms with E-state index in [0.29, 0.717) is 29.8 Å². The van der Waals surface area contributed by atoms with Crippen LogP contribution in [0, 0.1) is 6.92 Å². The Hall–Kier alpha value is -2.31. The van der Waals surface area contributed by atoms with E-state index < -0.39 is 11.9 Å². The average molecular weight is 378 g/mol. The standard InChI is InChI=1S/C20H30N2O5/c1-5-15-17(19(24)26-4)13(3)18(21-15)20(25)27-12-16(23)22(6-2)14-10-8-7-9-11-14/h14,21H,5-12H2,1-4H3. The number of rotatable bonds is 7. The highest BCUT2D eigenvalue weighted by Gasteiger charge is 2.27. The average Bonchev–Trinajstić information content (AvgIpc) is 3.03. The minimum Gasteiger partial charge on any atom is -0.465 e. The molecular weight excluding hydrogens is 348 g/mol. The molecule has 1 fully saturated rings. The molecule has 1 N–H and O–H groups in total. The number of aromatic amines is 1. The first-order valence-electron chi connectivity index (χ1n) is 9.70. The number of hydrogen-bond donors (Lipinski definition) is 1. The number of esters is 2. The van der Waals surface area contributed by atoms with Gasteiger partial charge in [-0.3, -0.25) is 4.79 Å². The van der Waals surface area contributed by atoms with Crippen LogP contribution >= 0.6 is 0 Å². The van der Waals surface area contributed by atoms with Crippen LogP contribution in [0.15, 0.2) is 0 Å². The number of methoxy groups -OCH3 is 1. The van der Waals surface area contributed by atoms with Gasteiger partial charge in [0.2, 0.25) is 0 Å². The lowest BCUT2D eigenvalue weighted by Gasteiger charge is -2.33. The van der Waals surface area contributed by atoms with Crippen LogP contribution in [0.4, 0.5) is 0 Å². The zero-order chi connectivity index (χ0) is 20.0. The molecule has 0 unspecified atom stereocenters. The molecule has 0 atom stereocenters. The van der Waals surface area contributed by atoms with Crippen molar-refractivity contribution in [1.29, 1.82) is 0 Å². The van der Waals surface area contributed by atoms with Crippen LogP contribution in [0.3, 0.4) is 0 Å². The van der Waals surface area contributed by atoms with Gasteiger partial charge in [0.15, 0.2) is 6.61 Å². The van der Waals surface area contributed by atoms with E-state index in [1.807, 2.05) is 18.7 Å². The van der Waals surface area contributed by atoms with E-state index in [9.17, 15) is 14.4 Å². The van der Waals surface area contributed by atoms with E-state index in [1.54, 1.807) is 6.92 Å².